The summed E-state index contributed by atoms with van der Waals surface area (Å²) in [6.45, 7) is 1.07. The van der Waals surface area contributed by atoms with Gasteiger partial charge in [0, 0.05) is 41.3 Å². The number of nitrogens with zero attached hydrogens (tertiary/aromatic N) is 2. The fourth-order valence-electron chi connectivity index (χ4n) is 3.93. The quantitative estimate of drug-likeness (QED) is 0.369. The number of carbonyl (C=O) groups is 1. The van der Waals surface area contributed by atoms with Gasteiger partial charge in [0.15, 0.2) is 0 Å². The number of fused-ring (bicyclic) bond motifs is 2. The predicted molar refractivity (Wildman–Crippen MR) is 130 cm³/mol. The van der Waals surface area contributed by atoms with Gasteiger partial charge >= 0.3 is 0 Å². The highest BCUT2D eigenvalue weighted by Crippen LogP contribution is 2.37. The monoisotopic (exact) mass is 504 g/mol. The standard InChI is InChI=1S/C23H18Cl2N2O3S2/c24-17-6-8-19-20(14-17)31-22(21(19)25)23(28)26-9-11-27(12-10-26)32(29,30)18-7-5-15-3-1-2-4-16(15)13-18/h1-8,13-14H,9-12H2. The van der Waals surface area contributed by atoms with Crippen molar-refractivity contribution in [1.82, 2.24) is 9.21 Å². The zero-order chi connectivity index (χ0) is 22.5. The number of rotatable bonds is 3. The lowest BCUT2D eigenvalue weighted by Gasteiger charge is -2.33. The summed E-state index contributed by atoms with van der Waals surface area (Å²) in [5.74, 6) is -0.185. The molecule has 32 heavy (non-hydrogen) atoms. The van der Waals surface area contributed by atoms with Crippen molar-refractivity contribution in [1.29, 1.82) is 0 Å². The number of hydrogen-bond donors (Lipinski definition) is 0. The zero-order valence-electron chi connectivity index (χ0n) is 16.8. The Hall–Kier alpha value is -2.16. The van der Waals surface area contributed by atoms with Gasteiger partial charge < -0.3 is 4.90 Å². The van der Waals surface area contributed by atoms with Crippen molar-refractivity contribution in [2.24, 2.45) is 0 Å². The van der Waals surface area contributed by atoms with E-state index in [0.29, 0.717) is 28.0 Å². The van der Waals surface area contributed by atoms with Gasteiger partial charge in [-0.25, -0.2) is 8.42 Å². The third-order valence-electron chi connectivity index (χ3n) is 5.67. The zero-order valence-corrected chi connectivity index (χ0v) is 19.9. The first kappa shape index (κ1) is 21.7. The van der Waals surface area contributed by atoms with E-state index in [9.17, 15) is 13.2 Å². The van der Waals surface area contributed by atoms with Crippen LogP contribution >= 0.6 is 34.5 Å². The van der Waals surface area contributed by atoms with Gasteiger partial charge in [-0.15, -0.1) is 11.3 Å². The van der Waals surface area contributed by atoms with Crippen LogP contribution < -0.4 is 0 Å². The first-order valence-electron chi connectivity index (χ1n) is 10.0. The summed E-state index contributed by atoms with van der Waals surface area (Å²) in [5, 5.41) is 3.66. The summed E-state index contributed by atoms with van der Waals surface area (Å²) in [4.78, 5) is 15.5. The van der Waals surface area contributed by atoms with E-state index < -0.39 is 10.0 Å². The lowest BCUT2D eigenvalue weighted by molar-refractivity contribution is 0.0703. The van der Waals surface area contributed by atoms with Crippen molar-refractivity contribution in [3.05, 3.63) is 75.6 Å². The third kappa shape index (κ3) is 3.78. The van der Waals surface area contributed by atoms with Gasteiger partial charge in [-0.05, 0) is 35.0 Å². The first-order valence-corrected chi connectivity index (χ1v) is 13.0. The molecule has 1 fully saturated rings. The molecule has 164 valence electrons. The molecule has 0 N–H and O–H groups in total. The molecule has 1 amide bonds. The van der Waals surface area contributed by atoms with Gasteiger partial charge in [-0.3, -0.25) is 4.79 Å². The highest BCUT2D eigenvalue weighted by molar-refractivity contribution is 7.89. The van der Waals surface area contributed by atoms with E-state index in [-0.39, 0.29) is 23.9 Å². The van der Waals surface area contributed by atoms with Gasteiger partial charge in [0.05, 0.1) is 9.92 Å². The fraction of sp³-hybridized carbons (Fsp3) is 0.174. The summed E-state index contributed by atoms with van der Waals surface area (Å²) in [6, 6.07) is 18.1. The molecule has 0 atom stereocenters. The number of hydrogen-bond acceptors (Lipinski definition) is 4. The molecular formula is C23H18Cl2N2O3S2. The second kappa shape index (κ2) is 8.32. The molecule has 1 aromatic heterocycles. The molecule has 0 aliphatic carbocycles. The van der Waals surface area contributed by atoms with Crippen LogP contribution in [-0.2, 0) is 10.0 Å². The third-order valence-corrected chi connectivity index (χ3v) is 9.45. The Kier molecular flexibility index (Phi) is 5.63. The van der Waals surface area contributed by atoms with E-state index in [0.717, 1.165) is 20.9 Å². The average Bonchev–Trinajstić information content (AvgIpc) is 3.13. The molecule has 4 aromatic rings. The van der Waals surface area contributed by atoms with E-state index in [4.69, 9.17) is 23.2 Å². The summed E-state index contributed by atoms with van der Waals surface area (Å²) < 4.78 is 28.6. The minimum atomic E-state index is -3.64. The van der Waals surface area contributed by atoms with Crippen LogP contribution in [0.2, 0.25) is 10.0 Å². The van der Waals surface area contributed by atoms with Gasteiger partial charge in [0.2, 0.25) is 10.0 Å². The van der Waals surface area contributed by atoms with Crippen LogP contribution in [0.15, 0.2) is 65.6 Å². The molecule has 1 aliphatic rings. The van der Waals surface area contributed by atoms with Crippen LogP contribution in [0.3, 0.4) is 0 Å². The number of halogens is 2. The van der Waals surface area contributed by atoms with E-state index in [1.165, 1.54) is 15.6 Å². The van der Waals surface area contributed by atoms with Crippen molar-refractivity contribution < 1.29 is 13.2 Å². The van der Waals surface area contributed by atoms with Crippen molar-refractivity contribution in [3.63, 3.8) is 0 Å². The maximum Gasteiger partial charge on any atom is 0.265 e. The molecule has 5 rings (SSSR count). The summed E-state index contributed by atoms with van der Waals surface area (Å²) in [6.07, 6.45) is 0. The molecule has 3 aromatic carbocycles. The number of carbonyl (C=O) groups excluding carboxylic acids is 1. The minimum absolute atomic E-state index is 0.185. The Bertz CT molecular complexity index is 1460. The molecule has 1 saturated heterocycles. The Morgan fingerprint density at radius 2 is 1.59 bits per heavy atom. The van der Waals surface area contributed by atoms with Gasteiger partial charge in [-0.1, -0.05) is 59.6 Å². The Morgan fingerprint density at radius 1 is 0.875 bits per heavy atom. The van der Waals surface area contributed by atoms with Crippen molar-refractivity contribution in [2.75, 3.05) is 26.2 Å². The molecule has 9 heteroatoms. The summed E-state index contributed by atoms with van der Waals surface area (Å²) >= 11 is 13.8. The van der Waals surface area contributed by atoms with Gasteiger partial charge in [-0.2, -0.15) is 4.31 Å². The largest absolute Gasteiger partial charge is 0.335 e. The number of amides is 1. The number of thiophene rings is 1. The molecule has 0 bridgehead atoms. The minimum Gasteiger partial charge on any atom is -0.335 e. The van der Waals surface area contributed by atoms with E-state index in [1.54, 1.807) is 35.2 Å². The Morgan fingerprint density at radius 3 is 2.34 bits per heavy atom. The fourth-order valence-corrected chi connectivity index (χ4v) is 7.14. The van der Waals surface area contributed by atoms with Gasteiger partial charge in [0.1, 0.15) is 4.88 Å². The predicted octanol–water partition coefficient (Wildman–Crippen LogP) is 5.51. The SMILES string of the molecule is O=C(c1sc2cc(Cl)ccc2c1Cl)N1CCN(S(=O)(=O)c2ccc3ccccc3c2)CC1. The highest BCUT2D eigenvalue weighted by Gasteiger charge is 2.32. The molecule has 0 radical (unpaired) electrons. The van der Waals surface area contributed by atoms with Crippen LogP contribution in [0.1, 0.15) is 9.67 Å². The Labute approximate surface area is 199 Å². The first-order chi connectivity index (χ1) is 15.3. The molecule has 0 spiro atoms. The maximum absolute atomic E-state index is 13.2. The lowest BCUT2D eigenvalue weighted by atomic mass is 10.1. The molecule has 1 aliphatic heterocycles. The van der Waals surface area contributed by atoms with Crippen LogP contribution in [-0.4, -0.2) is 49.7 Å². The topological polar surface area (TPSA) is 57.7 Å². The second-order valence-electron chi connectivity index (χ2n) is 7.59. The lowest BCUT2D eigenvalue weighted by Crippen LogP contribution is -2.50. The van der Waals surface area contributed by atoms with Crippen LogP contribution in [0, 0.1) is 0 Å². The van der Waals surface area contributed by atoms with E-state index in [1.807, 2.05) is 30.3 Å². The number of sulfonamides is 1. The summed E-state index contributed by atoms with van der Waals surface area (Å²) in [5.41, 5.74) is 0. The van der Waals surface area contributed by atoms with Crippen LogP contribution in [0.5, 0.6) is 0 Å². The summed E-state index contributed by atoms with van der Waals surface area (Å²) in [7, 11) is -3.64. The van der Waals surface area contributed by atoms with Crippen molar-refractivity contribution in [3.8, 4) is 0 Å². The average molecular weight is 505 g/mol. The number of benzene rings is 3. The smallest absolute Gasteiger partial charge is 0.265 e. The van der Waals surface area contributed by atoms with Crippen LogP contribution in [0.4, 0.5) is 0 Å². The van der Waals surface area contributed by atoms with Crippen molar-refractivity contribution >= 4 is 71.3 Å². The highest BCUT2D eigenvalue weighted by atomic mass is 35.5. The van der Waals surface area contributed by atoms with E-state index >= 15 is 0 Å². The molecule has 0 unspecified atom stereocenters. The van der Waals surface area contributed by atoms with Crippen LogP contribution in [0.25, 0.3) is 20.9 Å². The molecular weight excluding hydrogens is 487 g/mol. The number of piperazine rings is 1. The Balaban J connectivity index is 1.34. The molecule has 5 nitrogen and oxygen atoms in total. The van der Waals surface area contributed by atoms with Gasteiger partial charge in [0.25, 0.3) is 5.91 Å². The second-order valence-corrected chi connectivity index (χ2v) is 11.4. The maximum atomic E-state index is 13.2. The normalized spacial score (nSPS) is 15.5. The molecule has 0 saturated carbocycles. The molecule has 2 heterocycles. The van der Waals surface area contributed by atoms with Crippen molar-refractivity contribution in [2.45, 2.75) is 4.90 Å². The van der Waals surface area contributed by atoms with E-state index in [2.05, 4.69) is 0 Å².